The zero-order valence-corrected chi connectivity index (χ0v) is 13.0. The smallest absolute Gasteiger partial charge is 0.258 e. The summed E-state index contributed by atoms with van der Waals surface area (Å²) in [5.41, 5.74) is 2.28. The molecule has 0 saturated carbocycles. The molecule has 0 fully saturated rings. The first-order chi connectivity index (χ1) is 10.9. The number of hydrogen-bond donors (Lipinski definition) is 2. The molecule has 0 saturated heterocycles. The van der Waals surface area contributed by atoms with E-state index in [0.29, 0.717) is 18.7 Å². The van der Waals surface area contributed by atoms with Crippen molar-refractivity contribution in [2.24, 2.45) is 0 Å². The van der Waals surface area contributed by atoms with Crippen molar-refractivity contribution in [1.29, 1.82) is 0 Å². The summed E-state index contributed by atoms with van der Waals surface area (Å²) >= 11 is 0. The van der Waals surface area contributed by atoms with Crippen LogP contribution in [0.4, 0.5) is 4.39 Å². The molecule has 2 aromatic carbocycles. The fraction of sp³-hybridized carbons (Fsp3) is 0.278. The predicted molar refractivity (Wildman–Crippen MR) is 83.8 cm³/mol. The Morgan fingerprint density at radius 2 is 1.70 bits per heavy atom. The number of phenols is 2. The highest BCUT2D eigenvalue weighted by Crippen LogP contribution is 2.37. The van der Waals surface area contributed by atoms with Crippen molar-refractivity contribution >= 4 is 5.91 Å². The highest BCUT2D eigenvalue weighted by atomic mass is 19.1. The average molecular weight is 315 g/mol. The van der Waals surface area contributed by atoms with Gasteiger partial charge in [0.2, 0.25) is 5.82 Å². The lowest BCUT2D eigenvalue weighted by atomic mass is 9.98. The molecule has 0 aromatic heterocycles. The van der Waals surface area contributed by atoms with Crippen molar-refractivity contribution in [2.75, 3.05) is 0 Å². The van der Waals surface area contributed by atoms with E-state index in [1.807, 2.05) is 24.3 Å². The first kappa shape index (κ1) is 15.3. The van der Waals surface area contributed by atoms with Crippen LogP contribution in [0.2, 0.25) is 0 Å². The quantitative estimate of drug-likeness (QED) is 0.891. The van der Waals surface area contributed by atoms with Crippen LogP contribution in [0.5, 0.6) is 11.5 Å². The summed E-state index contributed by atoms with van der Waals surface area (Å²) in [4.78, 5) is 14.2. The molecule has 5 heteroatoms. The van der Waals surface area contributed by atoms with Crippen LogP contribution >= 0.6 is 0 Å². The number of rotatable bonds is 2. The van der Waals surface area contributed by atoms with Crippen molar-refractivity contribution in [1.82, 2.24) is 4.90 Å². The number of fused-ring (bicyclic) bond motifs is 1. The van der Waals surface area contributed by atoms with Crippen LogP contribution in [-0.2, 0) is 13.1 Å². The van der Waals surface area contributed by atoms with E-state index < -0.39 is 23.2 Å². The van der Waals surface area contributed by atoms with Crippen molar-refractivity contribution < 1.29 is 19.4 Å². The average Bonchev–Trinajstić information content (AvgIpc) is 2.96. The van der Waals surface area contributed by atoms with Gasteiger partial charge >= 0.3 is 0 Å². The van der Waals surface area contributed by atoms with E-state index in [1.54, 1.807) is 18.7 Å². The van der Waals surface area contributed by atoms with Gasteiger partial charge in [-0.25, -0.2) is 0 Å². The molecule has 0 unspecified atom stereocenters. The van der Waals surface area contributed by atoms with Crippen LogP contribution in [0.3, 0.4) is 0 Å². The number of amides is 1. The van der Waals surface area contributed by atoms with Crippen molar-refractivity contribution in [3.63, 3.8) is 0 Å². The monoisotopic (exact) mass is 315 g/mol. The standard InChI is InChI=1S/C18H18FNO3/c1-10(2)13-7-14(17(22)15(19)16(13)21)18(23)20-8-11-5-3-4-6-12(11)9-20/h3-7,10,21-22H,8-9H2,1-2H3. The molecule has 2 N–H and O–H groups in total. The Hall–Kier alpha value is -2.56. The fourth-order valence-corrected chi connectivity index (χ4v) is 2.90. The maximum absolute atomic E-state index is 14.1. The van der Waals surface area contributed by atoms with Gasteiger partial charge in [0, 0.05) is 18.7 Å². The summed E-state index contributed by atoms with van der Waals surface area (Å²) in [5.74, 6) is -3.16. The van der Waals surface area contributed by atoms with E-state index in [0.717, 1.165) is 11.1 Å². The largest absolute Gasteiger partial charge is 0.505 e. The third kappa shape index (κ3) is 2.52. The Labute approximate surface area is 133 Å². The van der Waals surface area contributed by atoms with Gasteiger partial charge in [0.25, 0.3) is 5.91 Å². The Bertz CT molecular complexity index is 761. The number of halogens is 1. The first-order valence-corrected chi connectivity index (χ1v) is 7.50. The van der Waals surface area contributed by atoms with Gasteiger partial charge in [-0.1, -0.05) is 38.1 Å². The molecule has 1 aliphatic heterocycles. The summed E-state index contributed by atoms with van der Waals surface area (Å²) in [7, 11) is 0. The van der Waals surface area contributed by atoms with Gasteiger partial charge in [-0.3, -0.25) is 4.79 Å². The molecule has 0 aliphatic carbocycles. The van der Waals surface area contributed by atoms with E-state index >= 15 is 0 Å². The number of carbonyl (C=O) groups excluding carboxylic acids is 1. The van der Waals surface area contributed by atoms with Gasteiger partial charge in [0.1, 0.15) is 0 Å². The summed E-state index contributed by atoms with van der Waals surface area (Å²) in [6.45, 7) is 4.42. The number of phenolic OH excluding ortho intramolecular Hbond substituents is 2. The molecule has 3 rings (SSSR count). The molecule has 120 valence electrons. The van der Waals surface area contributed by atoms with Crippen LogP contribution in [0.25, 0.3) is 0 Å². The third-order valence-electron chi connectivity index (χ3n) is 4.22. The van der Waals surface area contributed by atoms with E-state index in [-0.39, 0.29) is 11.5 Å². The zero-order chi connectivity index (χ0) is 16.7. The molecule has 0 radical (unpaired) electrons. The van der Waals surface area contributed by atoms with Crippen LogP contribution < -0.4 is 0 Å². The minimum atomic E-state index is -1.14. The molecule has 23 heavy (non-hydrogen) atoms. The van der Waals surface area contributed by atoms with Gasteiger partial charge in [0.05, 0.1) is 5.56 Å². The van der Waals surface area contributed by atoms with Crippen LogP contribution in [-0.4, -0.2) is 21.0 Å². The second-order valence-corrected chi connectivity index (χ2v) is 6.11. The van der Waals surface area contributed by atoms with Gasteiger partial charge < -0.3 is 15.1 Å². The van der Waals surface area contributed by atoms with Gasteiger partial charge in [-0.05, 0) is 23.1 Å². The summed E-state index contributed by atoms with van der Waals surface area (Å²) < 4.78 is 14.1. The number of nitrogens with zero attached hydrogens (tertiary/aromatic N) is 1. The normalized spacial score (nSPS) is 13.5. The maximum Gasteiger partial charge on any atom is 0.258 e. The molecule has 1 heterocycles. The Balaban J connectivity index is 1.98. The highest BCUT2D eigenvalue weighted by Gasteiger charge is 2.29. The number of aromatic hydroxyl groups is 2. The lowest BCUT2D eigenvalue weighted by Crippen LogP contribution is -2.25. The second-order valence-electron chi connectivity index (χ2n) is 6.11. The number of hydrogen-bond acceptors (Lipinski definition) is 3. The van der Waals surface area contributed by atoms with Crippen molar-refractivity contribution in [2.45, 2.75) is 32.9 Å². The number of benzene rings is 2. The van der Waals surface area contributed by atoms with Crippen LogP contribution in [0.1, 0.15) is 46.8 Å². The van der Waals surface area contributed by atoms with Crippen molar-refractivity contribution in [3.8, 4) is 11.5 Å². The Morgan fingerprint density at radius 1 is 1.13 bits per heavy atom. The Morgan fingerprint density at radius 3 is 2.22 bits per heavy atom. The summed E-state index contributed by atoms with van der Waals surface area (Å²) in [6.07, 6.45) is 0. The molecule has 0 spiro atoms. The van der Waals surface area contributed by atoms with E-state index in [2.05, 4.69) is 0 Å². The Kier molecular flexibility index (Phi) is 3.72. The summed E-state index contributed by atoms with van der Waals surface area (Å²) in [5, 5.41) is 19.8. The lowest BCUT2D eigenvalue weighted by molar-refractivity contribution is 0.0747. The third-order valence-corrected chi connectivity index (χ3v) is 4.22. The predicted octanol–water partition coefficient (Wildman–Crippen LogP) is 3.52. The van der Waals surface area contributed by atoms with E-state index in [9.17, 15) is 19.4 Å². The molecular formula is C18H18FNO3. The molecule has 0 bridgehead atoms. The van der Waals surface area contributed by atoms with Crippen LogP contribution in [0, 0.1) is 5.82 Å². The highest BCUT2D eigenvalue weighted by molar-refractivity contribution is 5.97. The molecule has 0 atom stereocenters. The minimum Gasteiger partial charge on any atom is -0.505 e. The fourth-order valence-electron chi connectivity index (χ4n) is 2.90. The van der Waals surface area contributed by atoms with Crippen LogP contribution in [0.15, 0.2) is 30.3 Å². The molecule has 1 aliphatic rings. The van der Waals surface area contributed by atoms with E-state index in [4.69, 9.17) is 0 Å². The molecule has 1 amide bonds. The SMILES string of the molecule is CC(C)c1cc(C(=O)N2Cc3ccccc3C2)c(O)c(F)c1O. The number of carbonyl (C=O) groups is 1. The maximum atomic E-state index is 14.1. The molecule has 4 nitrogen and oxygen atoms in total. The first-order valence-electron chi connectivity index (χ1n) is 7.50. The topological polar surface area (TPSA) is 60.8 Å². The lowest BCUT2D eigenvalue weighted by Gasteiger charge is -2.19. The zero-order valence-electron chi connectivity index (χ0n) is 13.0. The van der Waals surface area contributed by atoms with Gasteiger partial charge in [-0.15, -0.1) is 0 Å². The second kappa shape index (κ2) is 5.57. The molecule has 2 aromatic rings. The summed E-state index contributed by atoms with van der Waals surface area (Å²) in [6, 6.07) is 9.07. The van der Waals surface area contributed by atoms with E-state index in [1.165, 1.54) is 6.07 Å². The van der Waals surface area contributed by atoms with Crippen molar-refractivity contribution in [3.05, 3.63) is 58.4 Å². The van der Waals surface area contributed by atoms with Gasteiger partial charge in [-0.2, -0.15) is 4.39 Å². The minimum absolute atomic E-state index is 0.114. The van der Waals surface area contributed by atoms with Gasteiger partial charge in [0.15, 0.2) is 11.5 Å². The molecular weight excluding hydrogens is 297 g/mol.